The highest BCUT2D eigenvalue weighted by Crippen LogP contribution is 2.30. The third-order valence-electron chi connectivity index (χ3n) is 4.69. The number of rotatable bonds is 3. The lowest BCUT2D eigenvalue weighted by molar-refractivity contribution is 0.0600. The molecule has 0 fully saturated rings. The van der Waals surface area contributed by atoms with E-state index in [1.165, 1.54) is 11.7 Å². The molecule has 8 heteroatoms. The maximum Gasteiger partial charge on any atom is 0.337 e. The number of hydrogen-bond acceptors (Lipinski definition) is 6. The minimum absolute atomic E-state index is 0.0345. The Bertz CT molecular complexity index is 1260. The molecule has 1 aromatic heterocycles. The summed E-state index contributed by atoms with van der Waals surface area (Å²) in [5.74, 6) is -1.93. The van der Waals surface area contributed by atoms with E-state index in [1.807, 2.05) is 0 Å². The minimum atomic E-state index is -0.653. The molecule has 0 aliphatic carbocycles. The second-order valence-electron chi connectivity index (χ2n) is 6.36. The van der Waals surface area contributed by atoms with Crippen LogP contribution in [-0.4, -0.2) is 29.5 Å². The summed E-state index contributed by atoms with van der Waals surface area (Å²) in [4.78, 5) is 48.6. The van der Waals surface area contributed by atoms with Crippen LogP contribution in [0.3, 0.4) is 0 Å². The second kappa shape index (κ2) is 6.75. The molecule has 4 rings (SSSR count). The summed E-state index contributed by atoms with van der Waals surface area (Å²) in [7, 11) is 1.29. The largest absolute Gasteiger partial charge is 0.465 e. The molecule has 144 valence electrons. The van der Waals surface area contributed by atoms with Gasteiger partial charge in [0.05, 0.1) is 29.5 Å². The maximum absolute atomic E-state index is 12.8. The van der Waals surface area contributed by atoms with Crippen LogP contribution in [0.5, 0.6) is 0 Å². The Kier molecular flexibility index (Phi) is 4.23. The molecule has 0 bridgehead atoms. The van der Waals surface area contributed by atoms with Crippen LogP contribution < -0.4 is 16.6 Å². The first-order valence-electron chi connectivity index (χ1n) is 8.61. The van der Waals surface area contributed by atoms with Crippen LogP contribution in [0.4, 0.5) is 5.82 Å². The van der Waals surface area contributed by atoms with Gasteiger partial charge in [-0.2, -0.15) is 0 Å². The van der Waals surface area contributed by atoms with E-state index >= 15 is 0 Å². The molecule has 29 heavy (non-hydrogen) atoms. The van der Waals surface area contributed by atoms with Crippen LogP contribution in [0, 0.1) is 0 Å². The van der Waals surface area contributed by atoms with Gasteiger partial charge in [-0.3, -0.25) is 24.3 Å². The van der Waals surface area contributed by atoms with Gasteiger partial charge >= 0.3 is 5.97 Å². The number of benzene rings is 2. The normalized spacial score (nSPS) is 12.4. The molecule has 0 saturated carbocycles. The van der Waals surface area contributed by atoms with Crippen molar-refractivity contribution < 1.29 is 19.1 Å². The van der Waals surface area contributed by atoms with Crippen molar-refractivity contribution in [1.29, 1.82) is 0 Å². The first-order valence-corrected chi connectivity index (χ1v) is 8.61. The molecule has 8 nitrogen and oxygen atoms in total. The van der Waals surface area contributed by atoms with Crippen LogP contribution >= 0.6 is 0 Å². The molecule has 0 radical (unpaired) electrons. The number of aromatic nitrogens is 1. The van der Waals surface area contributed by atoms with Gasteiger partial charge < -0.3 is 10.5 Å². The van der Waals surface area contributed by atoms with Crippen LogP contribution in [0.25, 0.3) is 16.8 Å². The van der Waals surface area contributed by atoms with E-state index in [4.69, 9.17) is 10.5 Å². The molecule has 0 unspecified atom stereocenters. The van der Waals surface area contributed by atoms with Gasteiger partial charge in [0.1, 0.15) is 5.82 Å². The van der Waals surface area contributed by atoms with Crippen LogP contribution in [0.2, 0.25) is 0 Å². The second-order valence-corrected chi connectivity index (χ2v) is 6.36. The molecule has 0 atom stereocenters. The number of nitrogens with zero attached hydrogens (tertiary/aromatic N) is 1. The van der Waals surface area contributed by atoms with E-state index in [9.17, 15) is 19.2 Å². The lowest BCUT2D eigenvalue weighted by Gasteiger charge is -2.16. The maximum atomic E-state index is 12.8. The number of para-hydroxylation sites is 1. The Morgan fingerprint density at radius 1 is 0.966 bits per heavy atom. The van der Waals surface area contributed by atoms with Crippen molar-refractivity contribution in [1.82, 2.24) is 9.88 Å². The number of fused-ring (bicyclic) bond motifs is 1. The van der Waals surface area contributed by atoms with Gasteiger partial charge in [0.2, 0.25) is 0 Å². The van der Waals surface area contributed by atoms with Crippen molar-refractivity contribution in [2.24, 2.45) is 0 Å². The van der Waals surface area contributed by atoms with Gasteiger partial charge in [0.25, 0.3) is 17.4 Å². The van der Waals surface area contributed by atoms with Crippen LogP contribution in [-0.2, 0) is 4.74 Å². The van der Waals surface area contributed by atoms with Crippen molar-refractivity contribution in [2.75, 3.05) is 12.8 Å². The van der Waals surface area contributed by atoms with Gasteiger partial charge in [0.15, 0.2) is 0 Å². The highest BCUT2D eigenvalue weighted by Gasteiger charge is 2.32. The van der Waals surface area contributed by atoms with Crippen molar-refractivity contribution in [3.8, 4) is 16.8 Å². The molecule has 0 spiro atoms. The van der Waals surface area contributed by atoms with Crippen molar-refractivity contribution in [3.05, 3.63) is 81.6 Å². The van der Waals surface area contributed by atoms with Gasteiger partial charge in [-0.05, 0) is 23.8 Å². The Hall–Kier alpha value is -4.20. The fraction of sp³-hybridized carbons (Fsp3) is 0.0476. The van der Waals surface area contributed by atoms with Crippen molar-refractivity contribution in [2.45, 2.75) is 0 Å². The summed E-state index contributed by atoms with van der Waals surface area (Å²) in [5, 5.41) is 2.14. The Morgan fingerprint density at radius 3 is 2.48 bits per heavy atom. The predicted molar refractivity (Wildman–Crippen MR) is 105 cm³/mol. The number of methoxy groups -OCH3 is 1. The topological polar surface area (TPSA) is 120 Å². The highest BCUT2D eigenvalue weighted by molar-refractivity contribution is 6.23. The first-order chi connectivity index (χ1) is 13.9. The number of imide groups is 1. The smallest absolute Gasteiger partial charge is 0.337 e. The summed E-state index contributed by atoms with van der Waals surface area (Å²) in [5.41, 5.74) is 7.52. The summed E-state index contributed by atoms with van der Waals surface area (Å²) in [6, 6.07) is 14.7. The molecule has 3 aromatic rings. The quantitative estimate of drug-likeness (QED) is 0.520. The zero-order chi connectivity index (χ0) is 20.7. The molecular weight excluding hydrogens is 374 g/mol. The highest BCUT2D eigenvalue weighted by atomic mass is 16.5. The fourth-order valence-electron chi connectivity index (χ4n) is 3.37. The number of carbonyl (C=O) groups is 3. The molecule has 1 aliphatic heterocycles. The molecular formula is C21H15N3O5. The summed E-state index contributed by atoms with van der Waals surface area (Å²) >= 11 is 0. The van der Waals surface area contributed by atoms with E-state index in [-0.39, 0.29) is 16.9 Å². The number of anilines is 1. The van der Waals surface area contributed by atoms with E-state index in [2.05, 4.69) is 5.32 Å². The molecule has 0 saturated heterocycles. The monoisotopic (exact) mass is 389 g/mol. The summed E-state index contributed by atoms with van der Waals surface area (Å²) in [6.45, 7) is 0. The lowest BCUT2D eigenvalue weighted by atomic mass is 10.0. The molecule has 1 aliphatic rings. The summed E-state index contributed by atoms with van der Waals surface area (Å²) in [6.07, 6.45) is 0. The van der Waals surface area contributed by atoms with Gasteiger partial charge in [0, 0.05) is 11.6 Å². The number of ether oxygens (including phenoxy) is 1. The van der Waals surface area contributed by atoms with E-state index < -0.39 is 23.3 Å². The molecule has 2 heterocycles. The predicted octanol–water partition coefficient (Wildman–Crippen LogP) is 1.76. The zero-order valence-corrected chi connectivity index (χ0v) is 15.3. The fourth-order valence-corrected chi connectivity index (χ4v) is 3.37. The Labute approximate surface area is 164 Å². The SMILES string of the molecule is COC(=O)c1cccc(-c2ccccc2-n2c(N)c3c(cc2=O)C(=O)NC3=O)c1. The van der Waals surface area contributed by atoms with E-state index in [0.29, 0.717) is 22.4 Å². The van der Waals surface area contributed by atoms with Crippen LogP contribution in [0.15, 0.2) is 59.4 Å². The van der Waals surface area contributed by atoms with E-state index in [0.717, 1.165) is 6.07 Å². The number of esters is 1. The lowest BCUT2D eigenvalue weighted by Crippen LogP contribution is -2.24. The number of nitrogens with two attached hydrogens (primary N) is 1. The molecule has 2 amide bonds. The minimum Gasteiger partial charge on any atom is -0.465 e. The number of nitrogen functional groups attached to an aromatic ring is 1. The number of pyridine rings is 1. The van der Waals surface area contributed by atoms with Crippen molar-refractivity contribution >= 4 is 23.6 Å². The molecule has 2 aromatic carbocycles. The standard InChI is InChI=1S/C21H15N3O5/c1-29-21(28)12-6-4-5-11(9-12)13-7-2-3-8-15(13)24-16(25)10-14-17(18(24)22)20(27)23-19(14)26/h2-10H,22H2,1H3,(H,23,26,27). The summed E-state index contributed by atoms with van der Waals surface area (Å²) < 4.78 is 5.94. The average Bonchev–Trinajstić information content (AvgIpc) is 3.01. The average molecular weight is 389 g/mol. The zero-order valence-electron chi connectivity index (χ0n) is 15.3. The van der Waals surface area contributed by atoms with Crippen LogP contribution in [0.1, 0.15) is 31.1 Å². The molecule has 3 N–H and O–H groups in total. The third kappa shape index (κ3) is 2.87. The van der Waals surface area contributed by atoms with Gasteiger partial charge in [-0.25, -0.2) is 4.79 Å². The number of hydrogen-bond donors (Lipinski definition) is 2. The number of amides is 2. The first kappa shape index (κ1) is 18.2. The van der Waals surface area contributed by atoms with E-state index in [1.54, 1.807) is 48.5 Å². The van der Waals surface area contributed by atoms with Gasteiger partial charge in [-0.1, -0.05) is 30.3 Å². The Morgan fingerprint density at radius 2 is 1.72 bits per heavy atom. The third-order valence-corrected chi connectivity index (χ3v) is 4.69. The number of carbonyl (C=O) groups excluding carboxylic acids is 3. The van der Waals surface area contributed by atoms with Gasteiger partial charge in [-0.15, -0.1) is 0 Å². The van der Waals surface area contributed by atoms with Crippen molar-refractivity contribution in [3.63, 3.8) is 0 Å². The number of nitrogens with one attached hydrogen (secondary N) is 1. The Balaban J connectivity index is 1.96.